The Hall–Kier alpha value is -2.17. The molecule has 9 heteroatoms. The number of benzene rings is 2. The van der Waals surface area contributed by atoms with Gasteiger partial charge in [0, 0.05) is 44.0 Å². The average Bonchev–Trinajstić information content (AvgIpc) is 3.20. The van der Waals surface area contributed by atoms with E-state index in [2.05, 4.69) is 28.6 Å². The molecule has 4 rings (SSSR count). The number of nitrogens with one attached hydrogen (secondary N) is 2. The summed E-state index contributed by atoms with van der Waals surface area (Å²) < 4.78 is 5.99. The summed E-state index contributed by atoms with van der Waals surface area (Å²) in [5.74, 6) is 0.648. The van der Waals surface area contributed by atoms with Crippen molar-refractivity contribution < 1.29 is 15.2 Å². The number of rotatable bonds is 8. The monoisotopic (exact) mass is 475 g/mol. The van der Waals surface area contributed by atoms with Crippen LogP contribution < -0.4 is 25.3 Å². The molecule has 0 bridgehead atoms. The molecule has 0 atom stereocenters. The zero-order valence-corrected chi connectivity index (χ0v) is 19.5. The second-order valence-electron chi connectivity index (χ2n) is 7.67. The zero-order chi connectivity index (χ0) is 22.6. The van der Waals surface area contributed by atoms with Gasteiger partial charge in [-0.1, -0.05) is 54.3 Å². The third-order valence-corrected chi connectivity index (χ3v) is 6.83. The van der Waals surface area contributed by atoms with E-state index in [0.717, 1.165) is 55.2 Å². The van der Waals surface area contributed by atoms with E-state index in [0.29, 0.717) is 15.8 Å². The summed E-state index contributed by atoms with van der Waals surface area (Å²) in [5, 5.41) is 25.4. The van der Waals surface area contributed by atoms with Crippen LogP contribution >= 0.6 is 22.9 Å². The Morgan fingerprint density at radius 3 is 2.62 bits per heavy atom. The van der Waals surface area contributed by atoms with Gasteiger partial charge in [0.15, 0.2) is 0 Å². The first-order valence-electron chi connectivity index (χ1n) is 10.7. The third kappa shape index (κ3) is 5.60. The molecule has 0 unspecified atom stereocenters. The molecule has 1 saturated heterocycles. The van der Waals surface area contributed by atoms with Crippen molar-refractivity contribution in [1.29, 1.82) is 0 Å². The fourth-order valence-corrected chi connectivity index (χ4v) is 4.75. The van der Waals surface area contributed by atoms with Gasteiger partial charge in [-0.15, -0.1) is 0 Å². The van der Waals surface area contributed by atoms with Crippen LogP contribution in [0.5, 0.6) is 10.8 Å². The van der Waals surface area contributed by atoms with E-state index in [1.165, 1.54) is 11.6 Å². The largest absolute Gasteiger partial charge is 0.445 e. The van der Waals surface area contributed by atoms with E-state index in [9.17, 15) is 10.4 Å². The Morgan fingerprint density at radius 1 is 1.09 bits per heavy atom. The lowest BCUT2D eigenvalue weighted by molar-refractivity contribution is -0.324. The molecule has 32 heavy (non-hydrogen) atoms. The Bertz CT molecular complexity index is 1050. The minimum absolute atomic E-state index is 0.204. The topological polar surface area (TPSA) is 77.0 Å². The molecular weight excluding hydrogens is 448 g/mol. The summed E-state index contributed by atoms with van der Waals surface area (Å²) in [4.78, 5) is 0.816. The van der Waals surface area contributed by atoms with Gasteiger partial charge in [0.25, 0.3) is 5.00 Å². The van der Waals surface area contributed by atoms with Crippen LogP contribution in [-0.2, 0) is 13.0 Å². The first kappa shape index (κ1) is 23.0. The van der Waals surface area contributed by atoms with Gasteiger partial charge in [-0.3, -0.25) is 0 Å². The van der Waals surface area contributed by atoms with Crippen molar-refractivity contribution in [3.63, 3.8) is 0 Å². The predicted molar refractivity (Wildman–Crippen MR) is 129 cm³/mol. The maximum Gasteiger partial charge on any atom is 0.281 e. The highest BCUT2D eigenvalue weighted by Crippen LogP contribution is 2.43. The number of ether oxygens (including phenoxy) is 1. The van der Waals surface area contributed by atoms with E-state index in [-0.39, 0.29) is 11.5 Å². The highest BCUT2D eigenvalue weighted by molar-refractivity contribution is 7.18. The SMILES string of the molecule is CCc1cccc(CN[N+](O)(O)c2cc(Cl)c(Oc3cccc(N4CCNCC4)c3)s2)c1. The number of quaternary nitrogens is 1. The van der Waals surface area contributed by atoms with Crippen molar-refractivity contribution in [2.24, 2.45) is 0 Å². The standard InChI is InChI=1S/C23H28ClN4O3S/c1-2-17-5-3-6-18(13-17)16-26-28(29,30)22-15-21(24)23(32-22)31-20-8-4-7-19(14-20)27-11-9-25-10-12-27/h3-8,13-15,25-26,29-30H,2,9-12,16H2,1H3/q+1. The third-order valence-electron chi connectivity index (χ3n) is 5.36. The second-order valence-corrected chi connectivity index (χ2v) is 9.07. The van der Waals surface area contributed by atoms with E-state index >= 15 is 0 Å². The number of hydrogen-bond acceptors (Lipinski definition) is 7. The molecule has 1 aromatic heterocycles. The lowest BCUT2D eigenvalue weighted by Crippen LogP contribution is -2.53. The molecular formula is C23H28ClN4O3S+. The molecule has 0 radical (unpaired) electrons. The van der Waals surface area contributed by atoms with Crippen molar-refractivity contribution >= 4 is 33.6 Å². The molecule has 170 valence electrons. The lowest BCUT2D eigenvalue weighted by atomic mass is 10.1. The van der Waals surface area contributed by atoms with Gasteiger partial charge in [-0.25, -0.2) is 0 Å². The average molecular weight is 476 g/mol. The minimum Gasteiger partial charge on any atom is -0.445 e. The van der Waals surface area contributed by atoms with Gasteiger partial charge < -0.3 is 15.0 Å². The van der Waals surface area contributed by atoms with Crippen LogP contribution in [0.25, 0.3) is 0 Å². The highest BCUT2D eigenvalue weighted by atomic mass is 35.5. The van der Waals surface area contributed by atoms with Crippen LogP contribution in [0.1, 0.15) is 18.1 Å². The second kappa shape index (κ2) is 10.2. The van der Waals surface area contributed by atoms with Crippen molar-refractivity contribution in [3.05, 3.63) is 70.7 Å². The number of piperazine rings is 1. The first-order chi connectivity index (χ1) is 15.4. The Labute approximate surface area is 196 Å². The maximum atomic E-state index is 10.6. The summed E-state index contributed by atoms with van der Waals surface area (Å²) in [6.45, 7) is 6.14. The first-order valence-corrected chi connectivity index (χ1v) is 11.8. The number of halogens is 1. The molecule has 0 aliphatic carbocycles. The van der Waals surface area contributed by atoms with Gasteiger partial charge >= 0.3 is 0 Å². The normalized spacial score (nSPS) is 14.6. The van der Waals surface area contributed by atoms with E-state index in [1.807, 2.05) is 42.5 Å². The molecule has 1 aliphatic heterocycles. The molecule has 3 aromatic rings. The fourth-order valence-electron chi connectivity index (χ4n) is 3.58. The zero-order valence-electron chi connectivity index (χ0n) is 17.9. The summed E-state index contributed by atoms with van der Waals surface area (Å²) in [6.07, 6.45) is 0.920. The molecule has 1 fully saturated rings. The number of hydrogen-bond donors (Lipinski definition) is 4. The highest BCUT2D eigenvalue weighted by Gasteiger charge is 2.32. The van der Waals surface area contributed by atoms with Crippen LogP contribution in [0, 0.1) is 0 Å². The maximum absolute atomic E-state index is 10.6. The lowest BCUT2D eigenvalue weighted by Gasteiger charge is -2.29. The summed E-state index contributed by atoms with van der Waals surface area (Å²) in [7, 11) is 0. The molecule has 0 saturated carbocycles. The fraction of sp³-hybridized carbons (Fsp3) is 0.304. The van der Waals surface area contributed by atoms with E-state index < -0.39 is 4.92 Å². The van der Waals surface area contributed by atoms with Crippen LogP contribution in [0.2, 0.25) is 5.02 Å². The molecule has 2 aromatic carbocycles. The van der Waals surface area contributed by atoms with Gasteiger partial charge in [0.1, 0.15) is 10.8 Å². The van der Waals surface area contributed by atoms with Crippen molar-refractivity contribution in [2.75, 3.05) is 31.1 Å². The van der Waals surface area contributed by atoms with Crippen molar-refractivity contribution in [3.8, 4) is 10.8 Å². The Kier molecular flexibility index (Phi) is 7.32. The predicted octanol–water partition coefficient (Wildman–Crippen LogP) is 4.96. The van der Waals surface area contributed by atoms with Crippen LogP contribution in [0.15, 0.2) is 54.6 Å². The summed E-state index contributed by atoms with van der Waals surface area (Å²) in [6, 6.07) is 17.3. The van der Waals surface area contributed by atoms with E-state index in [4.69, 9.17) is 16.3 Å². The minimum atomic E-state index is -1.48. The quantitative estimate of drug-likeness (QED) is 0.272. The van der Waals surface area contributed by atoms with Gasteiger partial charge in [-0.05, 0) is 41.0 Å². The number of anilines is 1. The smallest absolute Gasteiger partial charge is 0.281 e. The molecule has 4 N–H and O–H groups in total. The van der Waals surface area contributed by atoms with Crippen molar-refractivity contribution in [2.45, 2.75) is 19.9 Å². The van der Waals surface area contributed by atoms with Crippen LogP contribution in [-0.4, -0.2) is 36.6 Å². The van der Waals surface area contributed by atoms with Gasteiger partial charge in [0.05, 0.1) is 11.5 Å². The summed E-state index contributed by atoms with van der Waals surface area (Å²) >= 11 is 7.43. The van der Waals surface area contributed by atoms with Crippen molar-refractivity contribution in [1.82, 2.24) is 15.7 Å². The molecule has 2 heterocycles. The van der Waals surface area contributed by atoms with Crippen LogP contribution in [0.3, 0.4) is 0 Å². The molecule has 1 aliphatic rings. The number of aryl methyl sites for hydroxylation is 1. The molecule has 0 spiro atoms. The van der Waals surface area contributed by atoms with Gasteiger partial charge in [0.2, 0.25) is 5.06 Å². The number of nitrogens with zero attached hydrogens (tertiary/aromatic N) is 2. The van der Waals surface area contributed by atoms with Crippen LogP contribution in [0.4, 0.5) is 10.7 Å². The Balaban J connectivity index is 1.45. The van der Waals surface area contributed by atoms with Gasteiger partial charge in [-0.2, -0.15) is 10.4 Å². The number of thiophene rings is 1. The molecule has 0 amide bonds. The molecule has 7 nitrogen and oxygen atoms in total. The summed E-state index contributed by atoms with van der Waals surface area (Å²) in [5.41, 5.74) is 5.97. The Morgan fingerprint density at radius 2 is 1.84 bits per heavy atom. The van der Waals surface area contributed by atoms with E-state index in [1.54, 1.807) is 0 Å².